The molecule has 2 amide bonds. The summed E-state index contributed by atoms with van der Waals surface area (Å²) in [5, 5.41) is 4.68. The average molecular weight is 414 g/mol. The average Bonchev–Trinajstić information content (AvgIpc) is 2.73. The van der Waals surface area contributed by atoms with Crippen LogP contribution in [0.2, 0.25) is 0 Å². The predicted octanol–water partition coefficient (Wildman–Crippen LogP) is 2.46. The molecule has 8 nitrogen and oxygen atoms in total. The number of thioether (sulfide) groups is 1. The zero-order chi connectivity index (χ0) is 20.8. The molecule has 1 heterocycles. The van der Waals surface area contributed by atoms with Crippen LogP contribution in [-0.2, 0) is 23.9 Å². The Hall–Kier alpha value is -3.33. The van der Waals surface area contributed by atoms with Crippen molar-refractivity contribution in [2.75, 3.05) is 24.4 Å². The molecule has 9 heteroatoms. The molecule has 0 radical (unpaired) electrons. The topological polar surface area (TPSA) is 111 Å². The Bertz CT molecular complexity index is 944. The zero-order valence-electron chi connectivity index (χ0n) is 15.5. The van der Waals surface area contributed by atoms with Crippen LogP contribution in [0.25, 0.3) is 0 Å². The third kappa shape index (κ3) is 5.35. The molecular weight excluding hydrogens is 396 g/mol. The number of methoxy groups -OCH3 is 1. The van der Waals surface area contributed by atoms with Crippen molar-refractivity contribution in [3.05, 3.63) is 54.1 Å². The second kappa shape index (κ2) is 9.24. The van der Waals surface area contributed by atoms with Crippen molar-refractivity contribution in [3.8, 4) is 0 Å². The molecule has 0 saturated carbocycles. The molecule has 1 atom stereocenters. The molecule has 2 aromatic rings. The number of carbonyl (C=O) groups is 4. The fourth-order valence-electron chi connectivity index (χ4n) is 2.59. The van der Waals surface area contributed by atoms with Crippen LogP contribution in [0.5, 0.6) is 0 Å². The highest BCUT2D eigenvalue weighted by Crippen LogP contribution is 2.36. The summed E-state index contributed by atoms with van der Waals surface area (Å²) < 4.78 is 9.57. The SMILES string of the molecule is COC(=O)c1ccc(NC(=O)COC(=O)C[C@H]2Sc3ccccc3NC2=O)cc1. The third-order valence-electron chi connectivity index (χ3n) is 4.01. The van der Waals surface area contributed by atoms with Gasteiger partial charge in [-0.05, 0) is 36.4 Å². The largest absolute Gasteiger partial charge is 0.465 e. The minimum Gasteiger partial charge on any atom is -0.465 e. The minimum atomic E-state index is -0.645. The number of esters is 2. The van der Waals surface area contributed by atoms with Crippen LogP contribution in [0.3, 0.4) is 0 Å². The van der Waals surface area contributed by atoms with Gasteiger partial charge in [0, 0.05) is 10.6 Å². The quantitative estimate of drug-likeness (QED) is 0.699. The van der Waals surface area contributed by atoms with E-state index in [9.17, 15) is 19.2 Å². The Morgan fingerprint density at radius 1 is 1.10 bits per heavy atom. The number of amides is 2. The number of hydrogen-bond donors (Lipinski definition) is 2. The molecule has 150 valence electrons. The van der Waals surface area contributed by atoms with E-state index in [2.05, 4.69) is 15.4 Å². The second-order valence-corrected chi connectivity index (χ2v) is 7.32. The summed E-state index contributed by atoms with van der Waals surface area (Å²) in [7, 11) is 1.28. The van der Waals surface area contributed by atoms with Crippen LogP contribution in [0.15, 0.2) is 53.4 Å². The summed E-state index contributed by atoms with van der Waals surface area (Å²) in [6.45, 7) is -0.479. The highest BCUT2D eigenvalue weighted by Gasteiger charge is 2.29. The first-order valence-electron chi connectivity index (χ1n) is 8.66. The van der Waals surface area contributed by atoms with Gasteiger partial charge in [0.15, 0.2) is 6.61 Å². The van der Waals surface area contributed by atoms with Crippen molar-refractivity contribution in [2.45, 2.75) is 16.6 Å². The number of ether oxygens (including phenoxy) is 2. The van der Waals surface area contributed by atoms with Gasteiger partial charge >= 0.3 is 11.9 Å². The van der Waals surface area contributed by atoms with E-state index in [4.69, 9.17) is 4.74 Å². The van der Waals surface area contributed by atoms with Crippen molar-refractivity contribution in [2.24, 2.45) is 0 Å². The molecule has 29 heavy (non-hydrogen) atoms. The molecule has 0 unspecified atom stereocenters. The number of nitrogens with one attached hydrogen (secondary N) is 2. The highest BCUT2D eigenvalue weighted by atomic mass is 32.2. The third-order valence-corrected chi connectivity index (χ3v) is 5.29. The summed E-state index contributed by atoms with van der Waals surface area (Å²) >= 11 is 1.28. The molecule has 0 fully saturated rings. The van der Waals surface area contributed by atoms with E-state index in [1.165, 1.54) is 43.1 Å². The van der Waals surface area contributed by atoms with Gasteiger partial charge in [-0.15, -0.1) is 11.8 Å². The maximum atomic E-state index is 12.1. The molecule has 0 bridgehead atoms. The molecular formula is C20H18N2O6S. The molecule has 0 spiro atoms. The monoisotopic (exact) mass is 414 g/mol. The lowest BCUT2D eigenvalue weighted by atomic mass is 10.2. The first-order chi connectivity index (χ1) is 14.0. The lowest BCUT2D eigenvalue weighted by Crippen LogP contribution is -2.32. The van der Waals surface area contributed by atoms with Gasteiger partial charge in [-0.25, -0.2) is 4.79 Å². The number of para-hydroxylation sites is 1. The van der Waals surface area contributed by atoms with Gasteiger partial charge in [-0.3, -0.25) is 14.4 Å². The van der Waals surface area contributed by atoms with E-state index in [0.29, 0.717) is 16.9 Å². The van der Waals surface area contributed by atoms with E-state index in [0.717, 1.165) is 4.90 Å². The van der Waals surface area contributed by atoms with Gasteiger partial charge < -0.3 is 20.1 Å². The molecule has 2 N–H and O–H groups in total. The van der Waals surface area contributed by atoms with Crippen LogP contribution >= 0.6 is 11.8 Å². The van der Waals surface area contributed by atoms with Crippen LogP contribution in [-0.4, -0.2) is 42.7 Å². The van der Waals surface area contributed by atoms with Gasteiger partial charge in [-0.1, -0.05) is 12.1 Å². The van der Waals surface area contributed by atoms with Crippen LogP contribution in [0.1, 0.15) is 16.8 Å². The Labute approximate surface area is 170 Å². The lowest BCUT2D eigenvalue weighted by Gasteiger charge is -2.23. The fraction of sp³-hybridized carbons (Fsp3) is 0.200. The molecule has 2 aromatic carbocycles. The Morgan fingerprint density at radius 3 is 2.55 bits per heavy atom. The molecule has 0 saturated heterocycles. The van der Waals surface area contributed by atoms with Crippen LogP contribution in [0, 0.1) is 0 Å². The zero-order valence-corrected chi connectivity index (χ0v) is 16.3. The van der Waals surface area contributed by atoms with Gasteiger partial charge in [0.2, 0.25) is 5.91 Å². The van der Waals surface area contributed by atoms with Crippen molar-refractivity contribution in [1.82, 2.24) is 0 Å². The summed E-state index contributed by atoms with van der Waals surface area (Å²) in [6, 6.07) is 13.4. The van der Waals surface area contributed by atoms with E-state index < -0.39 is 29.7 Å². The fourth-order valence-corrected chi connectivity index (χ4v) is 3.68. The molecule has 3 rings (SSSR count). The van der Waals surface area contributed by atoms with Crippen molar-refractivity contribution >= 4 is 46.9 Å². The van der Waals surface area contributed by atoms with E-state index in [1.54, 1.807) is 6.07 Å². The Morgan fingerprint density at radius 2 is 1.83 bits per heavy atom. The molecule has 1 aliphatic rings. The van der Waals surface area contributed by atoms with E-state index in [-0.39, 0.29) is 12.3 Å². The molecule has 0 aromatic heterocycles. The predicted molar refractivity (Wildman–Crippen MR) is 107 cm³/mol. The highest BCUT2D eigenvalue weighted by molar-refractivity contribution is 8.01. The summed E-state index contributed by atoms with van der Waals surface area (Å²) in [6.07, 6.45) is -0.147. The summed E-state index contributed by atoms with van der Waals surface area (Å²) in [5.74, 6) is -1.94. The van der Waals surface area contributed by atoms with Gasteiger partial charge in [0.1, 0.15) is 0 Å². The first-order valence-corrected chi connectivity index (χ1v) is 9.54. The minimum absolute atomic E-state index is 0.147. The number of benzene rings is 2. The molecule has 0 aliphatic carbocycles. The second-order valence-electron chi connectivity index (χ2n) is 6.07. The maximum Gasteiger partial charge on any atom is 0.337 e. The van der Waals surface area contributed by atoms with Gasteiger partial charge in [-0.2, -0.15) is 0 Å². The van der Waals surface area contributed by atoms with Crippen LogP contribution in [0.4, 0.5) is 11.4 Å². The lowest BCUT2D eigenvalue weighted by molar-refractivity contribution is -0.147. The molecule has 1 aliphatic heterocycles. The maximum absolute atomic E-state index is 12.1. The summed E-state index contributed by atoms with van der Waals surface area (Å²) in [4.78, 5) is 48.4. The van der Waals surface area contributed by atoms with Crippen molar-refractivity contribution < 1.29 is 28.7 Å². The van der Waals surface area contributed by atoms with Crippen molar-refractivity contribution in [1.29, 1.82) is 0 Å². The van der Waals surface area contributed by atoms with Crippen LogP contribution < -0.4 is 10.6 Å². The number of hydrogen-bond acceptors (Lipinski definition) is 7. The normalized spacial score (nSPS) is 14.9. The van der Waals surface area contributed by atoms with E-state index in [1.807, 2.05) is 18.2 Å². The van der Waals surface area contributed by atoms with Gasteiger partial charge in [0.25, 0.3) is 5.91 Å². The standard InChI is InChI=1S/C20H18N2O6S/c1-27-20(26)12-6-8-13(9-7-12)21-17(23)11-28-18(24)10-16-19(25)22-14-4-2-3-5-15(14)29-16/h2-9,16H,10-11H2,1H3,(H,21,23)(H,22,25)/t16-/m1/s1. The smallest absolute Gasteiger partial charge is 0.337 e. The number of carbonyl (C=O) groups excluding carboxylic acids is 4. The number of rotatable bonds is 6. The Kier molecular flexibility index (Phi) is 6.50. The van der Waals surface area contributed by atoms with Gasteiger partial charge in [0.05, 0.1) is 30.0 Å². The van der Waals surface area contributed by atoms with E-state index >= 15 is 0 Å². The Balaban J connectivity index is 1.46. The van der Waals surface area contributed by atoms with Crippen molar-refractivity contribution in [3.63, 3.8) is 0 Å². The number of fused-ring (bicyclic) bond motifs is 1. The summed E-state index contributed by atoms with van der Waals surface area (Å²) in [5.41, 5.74) is 1.50. The number of anilines is 2. The first kappa shape index (κ1) is 20.4.